The van der Waals surface area contributed by atoms with Crippen LogP contribution in [-0.2, 0) is 6.54 Å². The number of non-ortho nitro benzene ring substituents is 1. The van der Waals surface area contributed by atoms with Crippen LogP contribution in [0.25, 0.3) is 0 Å². The molecular weight excluding hydrogens is 280 g/mol. The average molecular weight is 300 g/mol. The van der Waals surface area contributed by atoms with E-state index >= 15 is 0 Å². The molecule has 0 saturated heterocycles. The normalized spacial score (nSPS) is 12.2. The second kappa shape index (κ2) is 7.04. The third-order valence-corrected chi connectivity index (χ3v) is 3.84. The van der Waals surface area contributed by atoms with Crippen molar-refractivity contribution in [1.82, 2.24) is 4.90 Å². The highest BCUT2D eigenvalue weighted by Gasteiger charge is 2.16. The molecule has 0 amide bonds. The van der Waals surface area contributed by atoms with E-state index in [1.165, 1.54) is 6.07 Å². The SMILES string of the molecule is COc1ccccc1CN(C)C(C)c1cccc([N+](=O)[O-])c1. The summed E-state index contributed by atoms with van der Waals surface area (Å²) < 4.78 is 5.37. The van der Waals surface area contributed by atoms with E-state index in [0.29, 0.717) is 6.54 Å². The van der Waals surface area contributed by atoms with Crippen molar-refractivity contribution >= 4 is 5.69 Å². The number of nitro groups is 1. The lowest BCUT2D eigenvalue weighted by atomic mass is 10.1. The predicted octanol–water partition coefficient (Wildman–Crippen LogP) is 3.80. The largest absolute Gasteiger partial charge is 0.496 e. The molecule has 0 heterocycles. The van der Waals surface area contributed by atoms with Gasteiger partial charge in [-0.2, -0.15) is 0 Å². The van der Waals surface area contributed by atoms with Gasteiger partial charge in [-0.3, -0.25) is 15.0 Å². The highest BCUT2D eigenvalue weighted by atomic mass is 16.6. The van der Waals surface area contributed by atoms with Crippen LogP contribution in [0.3, 0.4) is 0 Å². The number of benzene rings is 2. The van der Waals surface area contributed by atoms with E-state index < -0.39 is 0 Å². The molecule has 1 unspecified atom stereocenters. The molecular formula is C17H20N2O3. The zero-order chi connectivity index (χ0) is 16.1. The number of rotatable bonds is 6. The van der Waals surface area contributed by atoms with Gasteiger partial charge in [-0.25, -0.2) is 0 Å². The number of hydrogen-bond acceptors (Lipinski definition) is 4. The Kier molecular flexibility index (Phi) is 5.12. The van der Waals surface area contributed by atoms with E-state index in [2.05, 4.69) is 4.90 Å². The molecule has 0 aromatic heterocycles. The van der Waals surface area contributed by atoms with Gasteiger partial charge in [-0.15, -0.1) is 0 Å². The zero-order valence-electron chi connectivity index (χ0n) is 13.0. The van der Waals surface area contributed by atoms with Crippen LogP contribution in [0.15, 0.2) is 48.5 Å². The molecule has 5 nitrogen and oxygen atoms in total. The monoisotopic (exact) mass is 300 g/mol. The second-order valence-corrected chi connectivity index (χ2v) is 5.26. The summed E-state index contributed by atoms with van der Waals surface area (Å²) in [6.45, 7) is 2.74. The second-order valence-electron chi connectivity index (χ2n) is 5.26. The smallest absolute Gasteiger partial charge is 0.269 e. The minimum absolute atomic E-state index is 0.0600. The standard InChI is InChI=1S/C17H20N2O3/c1-13(14-8-6-9-16(11-14)19(20)21)18(2)12-15-7-4-5-10-17(15)22-3/h4-11,13H,12H2,1-3H3. The van der Waals surface area contributed by atoms with Gasteiger partial charge < -0.3 is 4.74 Å². The van der Waals surface area contributed by atoms with Crippen LogP contribution in [0.5, 0.6) is 5.75 Å². The fourth-order valence-electron chi connectivity index (χ4n) is 2.39. The molecule has 2 rings (SSSR count). The van der Waals surface area contributed by atoms with Gasteiger partial charge in [-0.05, 0) is 25.6 Å². The first-order chi connectivity index (χ1) is 10.5. The lowest BCUT2D eigenvalue weighted by molar-refractivity contribution is -0.384. The number of nitrogens with zero attached hydrogens (tertiary/aromatic N) is 2. The quantitative estimate of drug-likeness (QED) is 0.601. The van der Waals surface area contributed by atoms with Crippen LogP contribution < -0.4 is 4.74 Å². The van der Waals surface area contributed by atoms with E-state index in [-0.39, 0.29) is 16.7 Å². The maximum absolute atomic E-state index is 10.9. The number of para-hydroxylation sites is 1. The highest BCUT2D eigenvalue weighted by molar-refractivity contribution is 5.36. The zero-order valence-corrected chi connectivity index (χ0v) is 13.0. The molecule has 0 N–H and O–H groups in total. The van der Waals surface area contributed by atoms with Crippen molar-refractivity contribution in [3.63, 3.8) is 0 Å². The van der Waals surface area contributed by atoms with Crippen LogP contribution in [0.2, 0.25) is 0 Å². The lowest BCUT2D eigenvalue weighted by Gasteiger charge is -2.25. The van der Waals surface area contributed by atoms with Crippen molar-refractivity contribution in [3.05, 3.63) is 69.8 Å². The minimum atomic E-state index is -0.365. The van der Waals surface area contributed by atoms with Crippen molar-refractivity contribution in [3.8, 4) is 5.75 Å². The maximum atomic E-state index is 10.9. The van der Waals surface area contributed by atoms with E-state index in [4.69, 9.17) is 4.74 Å². The molecule has 0 saturated carbocycles. The molecule has 5 heteroatoms. The van der Waals surface area contributed by atoms with Crippen LogP contribution >= 0.6 is 0 Å². The number of hydrogen-bond donors (Lipinski definition) is 0. The first-order valence-corrected chi connectivity index (χ1v) is 7.09. The van der Waals surface area contributed by atoms with Crippen molar-refractivity contribution in [2.75, 3.05) is 14.2 Å². The Bertz CT molecular complexity index is 658. The summed E-state index contributed by atoms with van der Waals surface area (Å²) in [4.78, 5) is 12.7. The first kappa shape index (κ1) is 16.0. The molecule has 1 atom stereocenters. The van der Waals surface area contributed by atoms with E-state index in [1.54, 1.807) is 19.2 Å². The molecule has 22 heavy (non-hydrogen) atoms. The Hall–Kier alpha value is -2.40. The summed E-state index contributed by atoms with van der Waals surface area (Å²) in [6, 6.07) is 14.7. The van der Waals surface area contributed by atoms with Crippen LogP contribution in [0, 0.1) is 10.1 Å². The maximum Gasteiger partial charge on any atom is 0.269 e. The van der Waals surface area contributed by atoms with Gasteiger partial charge in [0.15, 0.2) is 0 Å². The molecule has 0 radical (unpaired) electrons. The van der Waals surface area contributed by atoms with Gasteiger partial charge in [-0.1, -0.05) is 30.3 Å². The van der Waals surface area contributed by atoms with Gasteiger partial charge in [0.05, 0.1) is 12.0 Å². The summed E-state index contributed by atoms with van der Waals surface area (Å²) in [7, 11) is 3.65. The molecule has 116 valence electrons. The first-order valence-electron chi connectivity index (χ1n) is 7.09. The fourth-order valence-corrected chi connectivity index (χ4v) is 2.39. The summed E-state index contributed by atoms with van der Waals surface area (Å²) >= 11 is 0. The van der Waals surface area contributed by atoms with Gasteiger partial charge in [0.1, 0.15) is 5.75 Å². The third-order valence-electron chi connectivity index (χ3n) is 3.84. The molecule has 2 aromatic carbocycles. The third kappa shape index (κ3) is 3.62. The van der Waals surface area contributed by atoms with E-state index in [1.807, 2.05) is 44.3 Å². The van der Waals surface area contributed by atoms with Crippen molar-refractivity contribution in [2.45, 2.75) is 19.5 Å². The van der Waals surface area contributed by atoms with Gasteiger partial charge in [0.2, 0.25) is 0 Å². The minimum Gasteiger partial charge on any atom is -0.496 e. The molecule has 0 fully saturated rings. The van der Waals surface area contributed by atoms with Crippen LogP contribution in [0.4, 0.5) is 5.69 Å². The van der Waals surface area contributed by atoms with Gasteiger partial charge in [0, 0.05) is 30.3 Å². The van der Waals surface area contributed by atoms with Gasteiger partial charge in [0.25, 0.3) is 5.69 Å². The Labute approximate surface area is 130 Å². The molecule has 0 aliphatic rings. The van der Waals surface area contributed by atoms with Gasteiger partial charge >= 0.3 is 0 Å². The molecule has 2 aromatic rings. The molecule has 0 aliphatic heterocycles. The Morgan fingerprint density at radius 3 is 2.64 bits per heavy atom. The summed E-state index contributed by atoms with van der Waals surface area (Å²) in [5.74, 6) is 0.848. The van der Waals surface area contributed by atoms with Crippen LogP contribution in [-0.4, -0.2) is 24.0 Å². The number of nitro benzene ring substituents is 1. The highest BCUT2D eigenvalue weighted by Crippen LogP contribution is 2.26. The summed E-state index contributed by atoms with van der Waals surface area (Å²) in [6.07, 6.45) is 0. The topological polar surface area (TPSA) is 55.6 Å². The molecule has 0 bridgehead atoms. The number of methoxy groups -OCH3 is 1. The molecule has 0 spiro atoms. The lowest BCUT2D eigenvalue weighted by Crippen LogP contribution is -2.22. The molecule has 0 aliphatic carbocycles. The van der Waals surface area contributed by atoms with E-state index in [9.17, 15) is 10.1 Å². The Morgan fingerprint density at radius 1 is 1.23 bits per heavy atom. The Morgan fingerprint density at radius 2 is 1.95 bits per heavy atom. The summed E-state index contributed by atoms with van der Waals surface area (Å²) in [5, 5.41) is 10.9. The average Bonchev–Trinajstić information content (AvgIpc) is 2.54. The fraction of sp³-hybridized carbons (Fsp3) is 0.294. The van der Waals surface area contributed by atoms with E-state index in [0.717, 1.165) is 16.9 Å². The summed E-state index contributed by atoms with van der Waals surface area (Å²) in [5.41, 5.74) is 2.13. The van der Waals surface area contributed by atoms with Crippen molar-refractivity contribution < 1.29 is 9.66 Å². The van der Waals surface area contributed by atoms with Crippen molar-refractivity contribution in [2.24, 2.45) is 0 Å². The van der Waals surface area contributed by atoms with Crippen LogP contribution in [0.1, 0.15) is 24.1 Å². The predicted molar refractivity (Wildman–Crippen MR) is 86.0 cm³/mol. The van der Waals surface area contributed by atoms with Crippen molar-refractivity contribution in [1.29, 1.82) is 0 Å². The number of ether oxygens (including phenoxy) is 1. The Balaban J connectivity index is 2.17.